The van der Waals surface area contributed by atoms with Gasteiger partial charge in [0, 0.05) is 29.9 Å². The van der Waals surface area contributed by atoms with Crippen LogP contribution in [0.1, 0.15) is 54.5 Å². The number of hydrogen-bond acceptors (Lipinski definition) is 5. The van der Waals surface area contributed by atoms with Crippen molar-refractivity contribution in [2.75, 3.05) is 23.3 Å². The zero-order valence-electron chi connectivity index (χ0n) is 16.3. The van der Waals surface area contributed by atoms with Crippen molar-refractivity contribution in [3.63, 3.8) is 0 Å². The molecule has 0 radical (unpaired) electrons. The third kappa shape index (κ3) is 4.98. The number of halogens is 1. The SMILES string of the molecule is CC(C)(C)NC(=O)c1ccc(NC(=O)c2nc(N3CCCC3)ncc2Cl)cc1. The Bertz CT molecular complexity index is 871. The smallest absolute Gasteiger partial charge is 0.276 e. The largest absolute Gasteiger partial charge is 0.347 e. The number of carbonyl (C=O) groups is 2. The maximum Gasteiger partial charge on any atom is 0.276 e. The Kier molecular flexibility index (Phi) is 5.84. The van der Waals surface area contributed by atoms with Crippen molar-refractivity contribution in [1.29, 1.82) is 0 Å². The van der Waals surface area contributed by atoms with E-state index in [-0.39, 0.29) is 22.2 Å². The van der Waals surface area contributed by atoms with E-state index >= 15 is 0 Å². The summed E-state index contributed by atoms with van der Waals surface area (Å²) in [5.41, 5.74) is 0.882. The molecule has 1 saturated heterocycles. The molecule has 7 nitrogen and oxygen atoms in total. The van der Waals surface area contributed by atoms with Gasteiger partial charge in [-0.1, -0.05) is 11.6 Å². The van der Waals surface area contributed by atoms with Crippen molar-refractivity contribution >= 4 is 35.1 Å². The normalized spacial score (nSPS) is 14.1. The first kappa shape index (κ1) is 20.1. The molecule has 2 heterocycles. The summed E-state index contributed by atoms with van der Waals surface area (Å²) in [6.07, 6.45) is 3.63. The van der Waals surface area contributed by atoms with Crippen LogP contribution in [0.3, 0.4) is 0 Å². The van der Waals surface area contributed by atoms with Crippen LogP contribution >= 0.6 is 11.6 Å². The zero-order chi connectivity index (χ0) is 20.3. The first-order valence-corrected chi connectivity index (χ1v) is 9.62. The minimum absolute atomic E-state index is 0.133. The predicted octanol–water partition coefficient (Wildman–Crippen LogP) is 3.51. The van der Waals surface area contributed by atoms with Crippen LogP contribution in [0.15, 0.2) is 30.5 Å². The molecule has 0 spiro atoms. The number of anilines is 2. The molecule has 28 heavy (non-hydrogen) atoms. The number of nitrogens with one attached hydrogen (secondary N) is 2. The van der Waals surface area contributed by atoms with Gasteiger partial charge in [0.15, 0.2) is 5.69 Å². The summed E-state index contributed by atoms with van der Waals surface area (Å²) in [4.78, 5) is 35.4. The van der Waals surface area contributed by atoms with Crippen LogP contribution in [0.25, 0.3) is 0 Å². The molecule has 0 aliphatic carbocycles. The monoisotopic (exact) mass is 401 g/mol. The summed E-state index contributed by atoms with van der Waals surface area (Å²) in [6.45, 7) is 7.51. The molecule has 1 aliphatic heterocycles. The maximum atomic E-state index is 12.6. The third-order valence-corrected chi connectivity index (χ3v) is 4.51. The molecule has 1 aromatic carbocycles. The highest BCUT2D eigenvalue weighted by Crippen LogP contribution is 2.21. The van der Waals surface area contributed by atoms with E-state index in [4.69, 9.17) is 11.6 Å². The molecule has 0 unspecified atom stereocenters. The maximum absolute atomic E-state index is 12.6. The quantitative estimate of drug-likeness (QED) is 0.818. The Hall–Kier alpha value is -2.67. The van der Waals surface area contributed by atoms with E-state index in [9.17, 15) is 9.59 Å². The fourth-order valence-corrected chi connectivity index (χ4v) is 3.07. The van der Waals surface area contributed by atoms with Gasteiger partial charge in [0.05, 0.1) is 11.2 Å². The fraction of sp³-hybridized carbons (Fsp3) is 0.400. The third-order valence-electron chi connectivity index (χ3n) is 4.23. The van der Waals surface area contributed by atoms with Crippen molar-refractivity contribution in [1.82, 2.24) is 15.3 Å². The van der Waals surface area contributed by atoms with Gasteiger partial charge in [-0.15, -0.1) is 0 Å². The average molecular weight is 402 g/mol. The van der Waals surface area contributed by atoms with Crippen molar-refractivity contribution in [2.24, 2.45) is 0 Å². The molecule has 2 aromatic rings. The van der Waals surface area contributed by atoms with Gasteiger partial charge in [-0.05, 0) is 57.9 Å². The van der Waals surface area contributed by atoms with Crippen molar-refractivity contribution in [3.05, 3.63) is 46.7 Å². The van der Waals surface area contributed by atoms with E-state index in [0.717, 1.165) is 25.9 Å². The van der Waals surface area contributed by atoms with Crippen LogP contribution in [-0.2, 0) is 0 Å². The second-order valence-corrected chi connectivity index (χ2v) is 8.20. The minimum Gasteiger partial charge on any atom is -0.347 e. The fourth-order valence-electron chi connectivity index (χ4n) is 2.89. The molecule has 2 N–H and O–H groups in total. The molecule has 148 valence electrons. The van der Waals surface area contributed by atoms with Gasteiger partial charge in [0.2, 0.25) is 5.95 Å². The summed E-state index contributed by atoms with van der Waals surface area (Å²) in [6, 6.07) is 6.67. The Morgan fingerprint density at radius 1 is 1.07 bits per heavy atom. The van der Waals surface area contributed by atoms with Crippen molar-refractivity contribution < 1.29 is 9.59 Å². The van der Waals surface area contributed by atoms with Crippen LogP contribution in [0.5, 0.6) is 0 Å². The van der Waals surface area contributed by atoms with Crippen LogP contribution < -0.4 is 15.5 Å². The lowest BCUT2D eigenvalue weighted by atomic mass is 10.1. The van der Waals surface area contributed by atoms with Gasteiger partial charge >= 0.3 is 0 Å². The molecule has 1 aliphatic rings. The molecule has 3 rings (SSSR count). The molecule has 1 fully saturated rings. The number of hydrogen-bond donors (Lipinski definition) is 2. The summed E-state index contributed by atoms with van der Waals surface area (Å²) < 4.78 is 0. The minimum atomic E-state index is -0.417. The molecule has 1 aromatic heterocycles. The molecule has 0 bridgehead atoms. The van der Waals surface area contributed by atoms with E-state index in [2.05, 4.69) is 20.6 Å². The molecular formula is C20H24ClN5O2. The van der Waals surface area contributed by atoms with Gasteiger partial charge in [0.25, 0.3) is 11.8 Å². The zero-order valence-corrected chi connectivity index (χ0v) is 17.0. The standard InChI is InChI=1S/C20H24ClN5O2/c1-20(2,3)25-17(27)13-6-8-14(9-7-13)23-18(28)16-15(21)12-22-19(24-16)26-10-4-5-11-26/h6-9,12H,4-5,10-11H2,1-3H3,(H,23,28)(H,25,27). The Morgan fingerprint density at radius 3 is 2.32 bits per heavy atom. The van der Waals surface area contributed by atoms with Gasteiger partial charge in [0.1, 0.15) is 0 Å². The lowest BCUT2D eigenvalue weighted by Crippen LogP contribution is -2.40. The second-order valence-electron chi connectivity index (χ2n) is 7.80. The number of aromatic nitrogens is 2. The average Bonchev–Trinajstić information content (AvgIpc) is 3.16. The van der Waals surface area contributed by atoms with Crippen LogP contribution in [-0.4, -0.2) is 40.4 Å². The summed E-state index contributed by atoms with van der Waals surface area (Å²) in [5.74, 6) is -0.0690. The molecular weight excluding hydrogens is 378 g/mol. The summed E-state index contributed by atoms with van der Waals surface area (Å²) in [5, 5.41) is 5.86. The number of rotatable bonds is 4. The highest BCUT2D eigenvalue weighted by atomic mass is 35.5. The topological polar surface area (TPSA) is 87.2 Å². The van der Waals surface area contributed by atoms with Gasteiger partial charge < -0.3 is 15.5 Å². The van der Waals surface area contributed by atoms with E-state index in [0.29, 0.717) is 17.2 Å². The number of carbonyl (C=O) groups excluding carboxylic acids is 2. The molecule has 2 amide bonds. The predicted molar refractivity (Wildman–Crippen MR) is 110 cm³/mol. The summed E-state index contributed by atoms with van der Waals surface area (Å²) >= 11 is 6.13. The Balaban J connectivity index is 1.71. The van der Waals surface area contributed by atoms with E-state index in [1.54, 1.807) is 24.3 Å². The van der Waals surface area contributed by atoms with Gasteiger partial charge in [-0.3, -0.25) is 9.59 Å². The Labute approximate surface area is 169 Å². The van der Waals surface area contributed by atoms with E-state index in [1.165, 1.54) is 6.20 Å². The second kappa shape index (κ2) is 8.14. The first-order chi connectivity index (χ1) is 13.2. The molecule has 0 atom stereocenters. The number of amides is 2. The van der Waals surface area contributed by atoms with E-state index < -0.39 is 5.91 Å². The van der Waals surface area contributed by atoms with Crippen molar-refractivity contribution in [2.45, 2.75) is 39.2 Å². The highest BCUT2D eigenvalue weighted by molar-refractivity contribution is 6.34. The molecule has 0 saturated carbocycles. The van der Waals surface area contributed by atoms with Crippen LogP contribution in [0.4, 0.5) is 11.6 Å². The van der Waals surface area contributed by atoms with Crippen LogP contribution in [0.2, 0.25) is 5.02 Å². The summed E-state index contributed by atoms with van der Waals surface area (Å²) in [7, 11) is 0. The highest BCUT2D eigenvalue weighted by Gasteiger charge is 2.20. The Morgan fingerprint density at radius 2 is 1.71 bits per heavy atom. The lowest BCUT2D eigenvalue weighted by molar-refractivity contribution is 0.0919. The van der Waals surface area contributed by atoms with E-state index in [1.807, 2.05) is 25.7 Å². The van der Waals surface area contributed by atoms with Gasteiger partial charge in [-0.25, -0.2) is 9.97 Å². The van der Waals surface area contributed by atoms with Crippen LogP contribution in [0, 0.1) is 0 Å². The first-order valence-electron chi connectivity index (χ1n) is 9.24. The lowest BCUT2D eigenvalue weighted by Gasteiger charge is -2.20. The molecule has 8 heteroatoms. The number of benzene rings is 1. The van der Waals surface area contributed by atoms with Crippen molar-refractivity contribution in [3.8, 4) is 0 Å². The van der Waals surface area contributed by atoms with Gasteiger partial charge in [-0.2, -0.15) is 0 Å². The number of nitrogens with zero attached hydrogens (tertiary/aromatic N) is 3.